The van der Waals surface area contributed by atoms with Crippen molar-refractivity contribution in [2.45, 2.75) is 113 Å². The SMILES string of the molecule is C=CCCCCCCCCC(C)(C)CCC(C)(C)C.CC. The molecule has 21 heavy (non-hydrogen) atoms. The van der Waals surface area contributed by atoms with Crippen LogP contribution in [0.4, 0.5) is 0 Å². The Labute approximate surface area is 136 Å². The van der Waals surface area contributed by atoms with Crippen LogP contribution in [-0.4, -0.2) is 0 Å². The lowest BCUT2D eigenvalue weighted by molar-refractivity contribution is 0.234. The summed E-state index contributed by atoms with van der Waals surface area (Å²) in [5.74, 6) is 0. The Morgan fingerprint density at radius 2 is 1.14 bits per heavy atom. The molecule has 0 saturated carbocycles. The largest absolute Gasteiger partial charge is 0.103 e. The molecule has 0 heterocycles. The summed E-state index contributed by atoms with van der Waals surface area (Å²) in [4.78, 5) is 0. The molecule has 0 N–H and O–H groups in total. The highest BCUT2D eigenvalue weighted by Gasteiger charge is 2.20. The Bertz CT molecular complexity index is 217. The maximum Gasteiger partial charge on any atom is -0.0353 e. The quantitative estimate of drug-likeness (QED) is 0.266. The second-order valence-electron chi connectivity index (χ2n) is 8.17. The third-order valence-electron chi connectivity index (χ3n) is 4.06. The summed E-state index contributed by atoms with van der Waals surface area (Å²) < 4.78 is 0. The minimum Gasteiger partial charge on any atom is -0.103 e. The maximum atomic E-state index is 3.77. The van der Waals surface area contributed by atoms with Gasteiger partial charge in [0, 0.05) is 0 Å². The molecule has 0 aliphatic rings. The molecule has 0 unspecified atom stereocenters. The van der Waals surface area contributed by atoms with Gasteiger partial charge in [-0.3, -0.25) is 0 Å². The Balaban J connectivity index is 0. The number of unbranched alkanes of at least 4 members (excludes halogenated alkanes) is 6. The van der Waals surface area contributed by atoms with Crippen LogP contribution in [0.5, 0.6) is 0 Å². The first-order valence-electron chi connectivity index (χ1n) is 9.38. The van der Waals surface area contributed by atoms with Crippen molar-refractivity contribution >= 4 is 0 Å². The Kier molecular flexibility index (Phi) is 14.7. The second-order valence-corrected chi connectivity index (χ2v) is 8.17. The van der Waals surface area contributed by atoms with Crippen molar-refractivity contribution in [1.29, 1.82) is 0 Å². The first-order valence-corrected chi connectivity index (χ1v) is 9.38. The fraction of sp³-hybridized carbons (Fsp3) is 0.905. The topological polar surface area (TPSA) is 0 Å². The van der Waals surface area contributed by atoms with Crippen molar-refractivity contribution in [1.82, 2.24) is 0 Å². The van der Waals surface area contributed by atoms with Crippen LogP contribution in [0.3, 0.4) is 0 Å². The number of allylic oxidation sites excluding steroid dienone is 1. The zero-order valence-electron chi connectivity index (χ0n) is 16.4. The zero-order valence-corrected chi connectivity index (χ0v) is 16.4. The van der Waals surface area contributed by atoms with Gasteiger partial charge in [0.1, 0.15) is 0 Å². The number of hydrogen-bond donors (Lipinski definition) is 0. The summed E-state index contributed by atoms with van der Waals surface area (Å²) in [5, 5.41) is 0. The molecular formula is C21H44. The van der Waals surface area contributed by atoms with Crippen molar-refractivity contribution < 1.29 is 0 Å². The predicted molar refractivity (Wildman–Crippen MR) is 101 cm³/mol. The highest BCUT2D eigenvalue weighted by Crippen LogP contribution is 2.34. The average molecular weight is 297 g/mol. The monoisotopic (exact) mass is 296 g/mol. The van der Waals surface area contributed by atoms with Crippen molar-refractivity contribution in [3.63, 3.8) is 0 Å². The summed E-state index contributed by atoms with van der Waals surface area (Å²) in [6.45, 7) is 19.7. The second kappa shape index (κ2) is 13.4. The van der Waals surface area contributed by atoms with E-state index in [9.17, 15) is 0 Å². The highest BCUT2D eigenvalue weighted by molar-refractivity contribution is 4.73. The van der Waals surface area contributed by atoms with Gasteiger partial charge in [0.25, 0.3) is 0 Å². The lowest BCUT2D eigenvalue weighted by Gasteiger charge is -2.29. The Hall–Kier alpha value is -0.260. The zero-order chi connectivity index (χ0) is 16.8. The molecular weight excluding hydrogens is 252 g/mol. The van der Waals surface area contributed by atoms with Crippen molar-refractivity contribution in [3.05, 3.63) is 12.7 Å². The van der Waals surface area contributed by atoms with E-state index in [2.05, 4.69) is 41.2 Å². The molecule has 0 nitrogen and oxygen atoms in total. The van der Waals surface area contributed by atoms with Gasteiger partial charge in [-0.15, -0.1) is 6.58 Å². The molecule has 0 aliphatic heterocycles. The summed E-state index contributed by atoms with van der Waals surface area (Å²) >= 11 is 0. The third kappa shape index (κ3) is 19.7. The minimum atomic E-state index is 0.489. The van der Waals surface area contributed by atoms with Crippen molar-refractivity contribution in [2.75, 3.05) is 0 Å². The van der Waals surface area contributed by atoms with Crippen LogP contribution in [0, 0.1) is 10.8 Å². The average Bonchev–Trinajstić information content (AvgIpc) is 2.41. The third-order valence-corrected chi connectivity index (χ3v) is 4.06. The summed E-state index contributed by atoms with van der Waals surface area (Å²) in [7, 11) is 0. The Morgan fingerprint density at radius 3 is 1.62 bits per heavy atom. The van der Waals surface area contributed by atoms with Crippen LogP contribution in [-0.2, 0) is 0 Å². The van der Waals surface area contributed by atoms with Crippen LogP contribution >= 0.6 is 0 Å². The Morgan fingerprint density at radius 1 is 0.667 bits per heavy atom. The first kappa shape index (κ1) is 23.0. The summed E-state index contributed by atoms with van der Waals surface area (Å²) in [6, 6.07) is 0. The maximum absolute atomic E-state index is 3.77. The van der Waals surface area contributed by atoms with Crippen molar-refractivity contribution in [3.8, 4) is 0 Å². The molecule has 0 rings (SSSR count). The molecule has 0 bridgehead atoms. The molecule has 0 radical (unpaired) electrons. The van der Waals surface area contributed by atoms with E-state index in [1.54, 1.807) is 0 Å². The lowest BCUT2D eigenvalue weighted by atomic mass is 9.77. The fourth-order valence-corrected chi connectivity index (χ4v) is 2.44. The van der Waals surface area contributed by atoms with Gasteiger partial charge in [0.05, 0.1) is 0 Å². The molecule has 0 atom stereocenters. The van der Waals surface area contributed by atoms with Crippen LogP contribution in [0.2, 0.25) is 0 Å². The van der Waals surface area contributed by atoms with Gasteiger partial charge in [-0.2, -0.15) is 0 Å². The molecule has 0 fully saturated rings. The van der Waals surface area contributed by atoms with Gasteiger partial charge in [-0.1, -0.05) is 86.6 Å². The van der Waals surface area contributed by atoms with E-state index in [0.717, 1.165) is 0 Å². The van der Waals surface area contributed by atoms with Gasteiger partial charge in [-0.25, -0.2) is 0 Å². The van der Waals surface area contributed by atoms with E-state index >= 15 is 0 Å². The lowest BCUT2D eigenvalue weighted by Crippen LogP contribution is -2.16. The van der Waals surface area contributed by atoms with E-state index in [4.69, 9.17) is 0 Å². The summed E-state index contributed by atoms with van der Waals surface area (Å²) in [6.07, 6.45) is 15.7. The van der Waals surface area contributed by atoms with E-state index in [1.807, 2.05) is 19.9 Å². The molecule has 0 aliphatic carbocycles. The standard InChI is InChI=1S/C19H38.C2H6/c1-7-8-9-10-11-12-13-14-15-19(5,6)17-16-18(2,3)4;1-2/h7H,1,8-17H2,2-6H3;1-2H3. The van der Waals surface area contributed by atoms with E-state index in [0.29, 0.717) is 10.8 Å². The molecule has 0 aromatic heterocycles. The van der Waals surface area contributed by atoms with E-state index in [1.165, 1.54) is 64.2 Å². The van der Waals surface area contributed by atoms with Gasteiger partial charge in [0.2, 0.25) is 0 Å². The normalized spacial score (nSPS) is 11.8. The number of hydrogen-bond acceptors (Lipinski definition) is 0. The van der Waals surface area contributed by atoms with Gasteiger partial charge in [-0.05, 0) is 42.9 Å². The van der Waals surface area contributed by atoms with E-state index in [-0.39, 0.29) is 0 Å². The summed E-state index contributed by atoms with van der Waals surface area (Å²) in [5.41, 5.74) is 1.03. The van der Waals surface area contributed by atoms with Crippen LogP contribution in [0.15, 0.2) is 12.7 Å². The smallest absolute Gasteiger partial charge is 0.0353 e. The van der Waals surface area contributed by atoms with Crippen LogP contribution < -0.4 is 0 Å². The minimum absolute atomic E-state index is 0.489. The molecule has 128 valence electrons. The van der Waals surface area contributed by atoms with Gasteiger partial charge >= 0.3 is 0 Å². The van der Waals surface area contributed by atoms with E-state index < -0.39 is 0 Å². The van der Waals surface area contributed by atoms with Crippen LogP contribution in [0.1, 0.15) is 113 Å². The predicted octanol–water partition coefficient (Wildman–Crippen LogP) is 8.17. The highest BCUT2D eigenvalue weighted by atomic mass is 14.3. The molecule has 0 heteroatoms. The fourth-order valence-electron chi connectivity index (χ4n) is 2.44. The molecule has 0 saturated heterocycles. The van der Waals surface area contributed by atoms with Gasteiger partial charge in [0.15, 0.2) is 0 Å². The number of rotatable bonds is 11. The van der Waals surface area contributed by atoms with Crippen LogP contribution in [0.25, 0.3) is 0 Å². The molecule has 0 spiro atoms. The molecule has 0 amide bonds. The first-order chi connectivity index (χ1) is 9.77. The molecule has 0 aromatic rings. The van der Waals surface area contributed by atoms with Gasteiger partial charge < -0.3 is 0 Å². The van der Waals surface area contributed by atoms with Crippen molar-refractivity contribution in [2.24, 2.45) is 10.8 Å². The molecule has 0 aromatic carbocycles.